The van der Waals surface area contributed by atoms with Crippen LogP contribution in [0.1, 0.15) is 25.0 Å². The van der Waals surface area contributed by atoms with Gasteiger partial charge in [0.1, 0.15) is 11.5 Å². The molecule has 7 aromatic carbocycles. The van der Waals surface area contributed by atoms with Crippen molar-refractivity contribution in [3.05, 3.63) is 198 Å². The van der Waals surface area contributed by atoms with Crippen molar-refractivity contribution in [2.75, 3.05) is 0 Å². The number of ether oxygens (including phenoxy) is 1. The first-order valence-corrected chi connectivity index (χ1v) is 18.6. The molecular weight excluding hydrogens is 671 g/mol. The molecule has 260 valence electrons. The second-order valence-electron chi connectivity index (χ2n) is 14.7. The molecule has 4 nitrogen and oxygen atoms in total. The quantitative estimate of drug-likeness (QED) is 0.167. The number of nitrogens with zero attached hydrogens (tertiary/aromatic N) is 3. The van der Waals surface area contributed by atoms with Crippen LogP contribution in [0.5, 0.6) is 11.5 Å². The van der Waals surface area contributed by atoms with E-state index in [1.165, 1.54) is 0 Å². The fourth-order valence-electron chi connectivity index (χ4n) is 8.16. The molecular formula is C51H35N3O. The summed E-state index contributed by atoms with van der Waals surface area (Å²) in [5, 5.41) is 2.19. The van der Waals surface area contributed by atoms with Gasteiger partial charge in [-0.25, -0.2) is 9.83 Å². The smallest absolute Gasteiger partial charge is 0.188 e. The van der Waals surface area contributed by atoms with E-state index in [9.17, 15) is 0 Å². The number of fused-ring (bicyclic) bond motifs is 5. The van der Waals surface area contributed by atoms with Crippen LogP contribution in [0, 0.1) is 6.57 Å². The molecule has 0 saturated heterocycles. The van der Waals surface area contributed by atoms with Crippen molar-refractivity contribution in [2.24, 2.45) is 0 Å². The van der Waals surface area contributed by atoms with Crippen molar-refractivity contribution in [1.82, 2.24) is 9.55 Å². The Bertz CT molecular complexity index is 2920. The topological polar surface area (TPSA) is 31.4 Å². The average Bonchev–Trinajstić information content (AvgIpc) is 3.57. The monoisotopic (exact) mass is 705 g/mol. The number of benzene rings is 7. The third-order valence-corrected chi connectivity index (χ3v) is 11.0. The summed E-state index contributed by atoms with van der Waals surface area (Å²) in [5.74, 6) is 1.75. The van der Waals surface area contributed by atoms with Crippen LogP contribution in [0.15, 0.2) is 176 Å². The third kappa shape index (κ3) is 5.48. The van der Waals surface area contributed by atoms with Crippen molar-refractivity contribution < 1.29 is 4.74 Å². The fourth-order valence-corrected chi connectivity index (χ4v) is 8.16. The van der Waals surface area contributed by atoms with Gasteiger partial charge in [-0.2, -0.15) is 0 Å². The summed E-state index contributed by atoms with van der Waals surface area (Å²) in [6.45, 7) is 12.3. The van der Waals surface area contributed by atoms with Gasteiger partial charge in [-0.1, -0.05) is 117 Å². The van der Waals surface area contributed by atoms with Gasteiger partial charge in [0.15, 0.2) is 5.69 Å². The Morgan fingerprint density at radius 1 is 0.491 bits per heavy atom. The number of aromatic nitrogens is 2. The normalized spacial score (nSPS) is 12.8. The highest BCUT2D eigenvalue weighted by Gasteiger charge is 2.35. The first-order chi connectivity index (χ1) is 26.9. The lowest BCUT2D eigenvalue weighted by Crippen LogP contribution is -2.24. The molecule has 1 aliphatic rings. The summed E-state index contributed by atoms with van der Waals surface area (Å²) in [6, 6.07) is 61.4. The van der Waals surface area contributed by atoms with Crippen LogP contribution in [-0.4, -0.2) is 9.55 Å². The minimum Gasteiger partial charge on any atom is -0.457 e. The van der Waals surface area contributed by atoms with E-state index in [1.54, 1.807) is 0 Å². The highest BCUT2D eigenvalue weighted by molar-refractivity contribution is 6.11. The minimum absolute atomic E-state index is 0.343. The molecule has 0 spiro atoms. The van der Waals surface area contributed by atoms with Crippen LogP contribution in [0.2, 0.25) is 0 Å². The summed E-state index contributed by atoms with van der Waals surface area (Å²) in [6.07, 6.45) is 0. The maximum atomic E-state index is 7.71. The van der Waals surface area contributed by atoms with Gasteiger partial charge < -0.3 is 9.30 Å². The number of hydrogen-bond donors (Lipinski definition) is 0. The van der Waals surface area contributed by atoms with E-state index in [4.69, 9.17) is 16.3 Å². The maximum Gasteiger partial charge on any atom is 0.188 e. The van der Waals surface area contributed by atoms with Crippen molar-refractivity contribution in [3.8, 4) is 62.0 Å². The first kappa shape index (κ1) is 32.4. The molecule has 9 aromatic rings. The second kappa shape index (κ2) is 12.7. The van der Waals surface area contributed by atoms with Crippen LogP contribution >= 0.6 is 0 Å². The van der Waals surface area contributed by atoms with E-state index in [2.05, 4.69) is 169 Å². The zero-order chi connectivity index (χ0) is 37.1. The van der Waals surface area contributed by atoms with Crippen LogP contribution < -0.4 is 4.74 Å². The molecule has 4 heteroatoms. The Morgan fingerprint density at radius 3 is 1.56 bits per heavy atom. The Balaban J connectivity index is 1.07. The number of pyridine rings is 1. The average molecular weight is 706 g/mol. The van der Waals surface area contributed by atoms with E-state index in [-0.39, 0.29) is 5.41 Å². The summed E-state index contributed by atoms with van der Waals surface area (Å²) in [5.41, 5.74) is 14.4. The Kier molecular flexibility index (Phi) is 7.50. The van der Waals surface area contributed by atoms with Crippen LogP contribution in [0.3, 0.4) is 0 Å². The van der Waals surface area contributed by atoms with Gasteiger partial charge >= 0.3 is 0 Å². The van der Waals surface area contributed by atoms with Crippen molar-refractivity contribution in [2.45, 2.75) is 19.3 Å². The molecule has 3 heterocycles. The van der Waals surface area contributed by atoms with E-state index in [0.717, 1.165) is 94.9 Å². The highest BCUT2D eigenvalue weighted by Crippen LogP contribution is 2.50. The van der Waals surface area contributed by atoms with Gasteiger partial charge in [0, 0.05) is 38.7 Å². The molecule has 0 N–H and O–H groups in total. The molecule has 10 rings (SSSR count). The molecule has 2 aromatic heterocycles. The van der Waals surface area contributed by atoms with Gasteiger partial charge in [-0.3, -0.25) is 0 Å². The Morgan fingerprint density at radius 2 is 0.982 bits per heavy atom. The molecule has 0 saturated carbocycles. The lowest BCUT2D eigenvalue weighted by Gasteiger charge is -2.35. The lowest BCUT2D eigenvalue weighted by molar-refractivity contribution is 0.418. The molecule has 0 aliphatic carbocycles. The molecule has 0 unspecified atom stereocenters. The molecule has 0 amide bonds. The van der Waals surface area contributed by atoms with Crippen molar-refractivity contribution in [3.63, 3.8) is 0 Å². The molecule has 0 radical (unpaired) electrons. The zero-order valence-electron chi connectivity index (χ0n) is 30.5. The summed E-state index contributed by atoms with van der Waals surface area (Å²) < 4.78 is 8.93. The van der Waals surface area contributed by atoms with E-state index in [0.29, 0.717) is 5.69 Å². The first-order valence-electron chi connectivity index (χ1n) is 18.6. The molecule has 0 fully saturated rings. The summed E-state index contributed by atoms with van der Waals surface area (Å²) >= 11 is 0. The summed E-state index contributed by atoms with van der Waals surface area (Å²) in [7, 11) is 0. The van der Waals surface area contributed by atoms with Crippen LogP contribution in [-0.2, 0) is 5.41 Å². The third-order valence-electron chi connectivity index (χ3n) is 11.0. The SMILES string of the molecule is [C-]#[N+]c1ccc2c(c1)c1cc(-c3ccc4c(c3)C(C)(C)c3cc(-c5cc(-c6ccccc6)nc(-c6ccccc6)c5)ccc3O4)ccc1n2-c1ccccc1. The molecule has 55 heavy (non-hydrogen) atoms. The Hall–Kier alpha value is -7.22. The number of hydrogen-bond acceptors (Lipinski definition) is 2. The van der Waals surface area contributed by atoms with Crippen LogP contribution in [0.4, 0.5) is 5.69 Å². The molecule has 0 bridgehead atoms. The number of para-hydroxylation sites is 1. The van der Waals surface area contributed by atoms with E-state index >= 15 is 0 Å². The lowest BCUT2D eigenvalue weighted by atomic mass is 9.74. The number of rotatable bonds is 5. The predicted molar refractivity (Wildman–Crippen MR) is 225 cm³/mol. The largest absolute Gasteiger partial charge is 0.457 e. The standard InChI is InChI=1S/C51H35N3O/c1-51(2)43-28-36(35-19-23-47-41(27-35)42-32-39(52-3)22-24-48(42)54(47)40-17-11-6-12-18-40)20-25-49(43)55-50-26-21-37(29-44(50)51)38-30-45(33-13-7-4-8-14-33)53-46(31-38)34-15-9-5-10-16-34/h4-32H,1-2H3. The predicted octanol–water partition coefficient (Wildman–Crippen LogP) is 13.8. The Labute approximate surface area is 320 Å². The maximum absolute atomic E-state index is 7.71. The zero-order valence-corrected chi connectivity index (χ0v) is 30.5. The highest BCUT2D eigenvalue weighted by atomic mass is 16.5. The summed E-state index contributed by atoms with van der Waals surface area (Å²) in [4.78, 5) is 8.86. The van der Waals surface area contributed by atoms with Gasteiger partial charge in [-0.05, 0) is 100 Å². The fraction of sp³-hybridized carbons (Fsp3) is 0.0588. The minimum atomic E-state index is -0.343. The van der Waals surface area contributed by atoms with Gasteiger partial charge in [0.25, 0.3) is 0 Å². The molecule has 0 atom stereocenters. The van der Waals surface area contributed by atoms with Gasteiger partial charge in [0.05, 0.1) is 29.0 Å². The van der Waals surface area contributed by atoms with E-state index < -0.39 is 0 Å². The van der Waals surface area contributed by atoms with Crippen molar-refractivity contribution >= 4 is 27.5 Å². The van der Waals surface area contributed by atoms with Crippen molar-refractivity contribution in [1.29, 1.82) is 0 Å². The van der Waals surface area contributed by atoms with E-state index in [1.807, 2.05) is 30.3 Å². The van der Waals surface area contributed by atoms with Gasteiger partial charge in [-0.15, -0.1) is 0 Å². The second-order valence-corrected chi connectivity index (χ2v) is 14.7. The van der Waals surface area contributed by atoms with Gasteiger partial charge in [0.2, 0.25) is 0 Å². The van der Waals surface area contributed by atoms with Crippen LogP contribution in [0.25, 0.3) is 77.1 Å². The molecule has 1 aliphatic heterocycles.